The lowest BCUT2D eigenvalue weighted by atomic mass is 10.2. The minimum Gasteiger partial charge on any atom is -0.374 e. The summed E-state index contributed by atoms with van der Waals surface area (Å²) < 4.78 is 7.92. The highest BCUT2D eigenvalue weighted by Gasteiger charge is 2.18. The molecule has 1 unspecified atom stereocenters. The number of aryl methyl sites for hydroxylation is 1. The number of imidazole rings is 1. The van der Waals surface area contributed by atoms with Crippen molar-refractivity contribution in [3.63, 3.8) is 0 Å². The van der Waals surface area contributed by atoms with Crippen LogP contribution in [0.5, 0.6) is 0 Å². The van der Waals surface area contributed by atoms with Gasteiger partial charge in [0.1, 0.15) is 0 Å². The standard InChI is InChI=1S/C13H24N4O/c1-3-16-5-6-18-13(10-16)9-14-7-12-8-15-11-17(12)4-2/h8,11,13-14H,3-7,9-10H2,1-2H3. The lowest BCUT2D eigenvalue weighted by molar-refractivity contribution is -0.0254. The number of aromatic nitrogens is 2. The summed E-state index contributed by atoms with van der Waals surface area (Å²) in [5, 5.41) is 3.46. The van der Waals surface area contributed by atoms with Crippen molar-refractivity contribution in [2.45, 2.75) is 33.0 Å². The topological polar surface area (TPSA) is 42.3 Å². The number of likely N-dealkylation sites (N-methyl/N-ethyl adjacent to an activating group) is 1. The highest BCUT2D eigenvalue weighted by molar-refractivity contribution is 4.97. The maximum atomic E-state index is 5.76. The van der Waals surface area contributed by atoms with Crippen molar-refractivity contribution < 1.29 is 4.74 Å². The largest absolute Gasteiger partial charge is 0.374 e. The molecular formula is C13H24N4O. The zero-order valence-corrected chi connectivity index (χ0v) is 11.4. The summed E-state index contributed by atoms with van der Waals surface area (Å²) in [7, 11) is 0. The first-order chi connectivity index (χ1) is 8.83. The maximum absolute atomic E-state index is 5.76. The van der Waals surface area contributed by atoms with E-state index in [1.54, 1.807) is 0 Å². The van der Waals surface area contributed by atoms with E-state index < -0.39 is 0 Å². The number of morpholine rings is 1. The van der Waals surface area contributed by atoms with Crippen molar-refractivity contribution in [1.82, 2.24) is 19.8 Å². The van der Waals surface area contributed by atoms with Crippen molar-refractivity contribution in [3.8, 4) is 0 Å². The van der Waals surface area contributed by atoms with Crippen LogP contribution in [0.3, 0.4) is 0 Å². The fraction of sp³-hybridized carbons (Fsp3) is 0.769. The van der Waals surface area contributed by atoms with Crippen molar-refractivity contribution >= 4 is 0 Å². The molecule has 1 aliphatic heterocycles. The molecule has 1 N–H and O–H groups in total. The first-order valence-corrected chi connectivity index (χ1v) is 6.87. The SMILES string of the molecule is CCN1CCOC(CNCc2cncn2CC)C1. The normalized spacial score (nSPS) is 21.3. The fourth-order valence-corrected chi connectivity index (χ4v) is 2.33. The highest BCUT2D eigenvalue weighted by atomic mass is 16.5. The van der Waals surface area contributed by atoms with Gasteiger partial charge < -0.3 is 14.6 Å². The second-order valence-corrected chi connectivity index (χ2v) is 4.69. The third kappa shape index (κ3) is 3.54. The van der Waals surface area contributed by atoms with Gasteiger partial charge in [0, 0.05) is 38.9 Å². The van der Waals surface area contributed by atoms with Gasteiger partial charge in [0.15, 0.2) is 0 Å². The molecule has 102 valence electrons. The van der Waals surface area contributed by atoms with Gasteiger partial charge >= 0.3 is 0 Å². The molecule has 5 nitrogen and oxygen atoms in total. The van der Waals surface area contributed by atoms with E-state index in [1.807, 2.05) is 12.5 Å². The first kappa shape index (κ1) is 13.5. The Kier molecular flexibility index (Phi) is 5.16. The fourth-order valence-electron chi connectivity index (χ4n) is 2.33. The maximum Gasteiger partial charge on any atom is 0.0948 e. The summed E-state index contributed by atoms with van der Waals surface area (Å²) in [6.07, 6.45) is 4.13. The monoisotopic (exact) mass is 252 g/mol. The van der Waals surface area contributed by atoms with Crippen molar-refractivity contribution in [2.24, 2.45) is 0 Å². The Bertz CT molecular complexity index is 353. The number of hydrogen-bond acceptors (Lipinski definition) is 4. The molecule has 2 rings (SSSR count). The lowest BCUT2D eigenvalue weighted by Gasteiger charge is -2.32. The van der Waals surface area contributed by atoms with Crippen molar-refractivity contribution in [1.29, 1.82) is 0 Å². The molecule has 5 heteroatoms. The Morgan fingerprint density at radius 1 is 1.44 bits per heavy atom. The summed E-state index contributed by atoms with van der Waals surface area (Å²) in [6, 6.07) is 0. The van der Waals surface area contributed by atoms with Gasteiger partial charge in [0.05, 0.1) is 24.7 Å². The van der Waals surface area contributed by atoms with E-state index in [1.165, 1.54) is 5.69 Å². The molecule has 0 aliphatic carbocycles. The number of ether oxygens (including phenoxy) is 1. The average Bonchev–Trinajstić information content (AvgIpc) is 2.86. The molecule has 18 heavy (non-hydrogen) atoms. The second-order valence-electron chi connectivity index (χ2n) is 4.69. The first-order valence-electron chi connectivity index (χ1n) is 6.87. The van der Waals surface area contributed by atoms with Crippen molar-refractivity contribution in [2.75, 3.05) is 32.8 Å². The van der Waals surface area contributed by atoms with Crippen LogP contribution in [0, 0.1) is 0 Å². The summed E-state index contributed by atoms with van der Waals surface area (Å²) in [6.45, 7) is 11.2. The molecule has 0 amide bonds. The van der Waals surface area contributed by atoms with E-state index in [0.29, 0.717) is 6.10 Å². The molecular weight excluding hydrogens is 228 g/mol. The molecule has 1 aliphatic rings. The predicted octanol–water partition coefficient (Wildman–Crippen LogP) is 0.713. The zero-order chi connectivity index (χ0) is 12.8. The van der Waals surface area contributed by atoms with Gasteiger partial charge in [-0.15, -0.1) is 0 Å². The summed E-state index contributed by atoms with van der Waals surface area (Å²) >= 11 is 0. The Morgan fingerprint density at radius 3 is 3.11 bits per heavy atom. The van der Waals surface area contributed by atoms with Gasteiger partial charge in [0.25, 0.3) is 0 Å². The van der Waals surface area contributed by atoms with E-state index in [9.17, 15) is 0 Å². The van der Waals surface area contributed by atoms with Crippen LogP contribution in [0.1, 0.15) is 19.5 Å². The summed E-state index contributed by atoms with van der Waals surface area (Å²) in [5.41, 5.74) is 1.24. The van der Waals surface area contributed by atoms with E-state index in [-0.39, 0.29) is 0 Å². The highest BCUT2D eigenvalue weighted by Crippen LogP contribution is 2.04. The Morgan fingerprint density at radius 2 is 2.33 bits per heavy atom. The molecule has 1 fully saturated rings. The van der Waals surface area contributed by atoms with Crippen LogP contribution in [-0.4, -0.2) is 53.3 Å². The third-order valence-electron chi connectivity index (χ3n) is 3.49. The van der Waals surface area contributed by atoms with Crippen LogP contribution in [-0.2, 0) is 17.8 Å². The Hall–Kier alpha value is -0.910. The Labute approximate surface area is 109 Å². The molecule has 0 bridgehead atoms. The number of nitrogens with zero attached hydrogens (tertiary/aromatic N) is 3. The predicted molar refractivity (Wildman–Crippen MR) is 71.5 cm³/mol. The Balaban J connectivity index is 1.72. The van der Waals surface area contributed by atoms with Crippen LogP contribution in [0.25, 0.3) is 0 Å². The van der Waals surface area contributed by atoms with Gasteiger partial charge in [-0.1, -0.05) is 6.92 Å². The molecule has 0 saturated carbocycles. The lowest BCUT2D eigenvalue weighted by Crippen LogP contribution is -2.46. The van der Waals surface area contributed by atoms with E-state index >= 15 is 0 Å². The van der Waals surface area contributed by atoms with Gasteiger partial charge in [-0.3, -0.25) is 4.90 Å². The average molecular weight is 252 g/mol. The zero-order valence-electron chi connectivity index (χ0n) is 11.4. The summed E-state index contributed by atoms with van der Waals surface area (Å²) in [4.78, 5) is 6.60. The minimum atomic E-state index is 0.316. The van der Waals surface area contributed by atoms with E-state index in [2.05, 4.69) is 33.6 Å². The second kappa shape index (κ2) is 6.87. The van der Waals surface area contributed by atoms with Crippen molar-refractivity contribution in [3.05, 3.63) is 18.2 Å². The number of nitrogens with one attached hydrogen (secondary N) is 1. The van der Waals surface area contributed by atoms with Gasteiger partial charge in [-0.2, -0.15) is 0 Å². The summed E-state index contributed by atoms with van der Waals surface area (Å²) in [5.74, 6) is 0. The molecule has 0 aromatic carbocycles. The van der Waals surface area contributed by atoms with Gasteiger partial charge in [0.2, 0.25) is 0 Å². The van der Waals surface area contributed by atoms with Crippen LogP contribution < -0.4 is 5.32 Å². The molecule has 2 heterocycles. The minimum absolute atomic E-state index is 0.316. The third-order valence-corrected chi connectivity index (χ3v) is 3.49. The van der Waals surface area contributed by atoms with Crippen LogP contribution in [0.15, 0.2) is 12.5 Å². The number of hydrogen-bond donors (Lipinski definition) is 1. The molecule has 0 spiro atoms. The molecule has 0 radical (unpaired) electrons. The molecule has 1 atom stereocenters. The van der Waals surface area contributed by atoms with Crippen LogP contribution >= 0.6 is 0 Å². The molecule has 1 saturated heterocycles. The van der Waals surface area contributed by atoms with Crippen LogP contribution in [0.2, 0.25) is 0 Å². The van der Waals surface area contributed by atoms with Gasteiger partial charge in [-0.05, 0) is 13.5 Å². The van der Waals surface area contributed by atoms with E-state index in [0.717, 1.165) is 45.9 Å². The van der Waals surface area contributed by atoms with Crippen LogP contribution in [0.4, 0.5) is 0 Å². The van der Waals surface area contributed by atoms with E-state index in [4.69, 9.17) is 4.74 Å². The number of rotatable bonds is 6. The van der Waals surface area contributed by atoms with Gasteiger partial charge in [-0.25, -0.2) is 4.98 Å². The smallest absolute Gasteiger partial charge is 0.0948 e. The quantitative estimate of drug-likeness (QED) is 0.810. The molecule has 1 aromatic rings. The molecule has 1 aromatic heterocycles.